The van der Waals surface area contributed by atoms with Gasteiger partial charge in [-0.15, -0.1) is 0 Å². The zero-order valence-electron chi connectivity index (χ0n) is 22.8. The number of nitrogens with one attached hydrogen (secondary N) is 3. The van der Waals surface area contributed by atoms with Crippen molar-refractivity contribution in [3.63, 3.8) is 0 Å². The number of thiocarbonyl (C=S) groups is 1. The standard InChI is InChI=1S/C30H28BrIN4O5S/c1-3-39-29(38)27-18(2)34-30(42)35-28(27)22-6-4-5-7-24(22)41-17-26(37)36-33-15-20-10-13-25(23(32)14-20)40-16-19-8-11-21(31)12-9-19/h4-15,28H,3,16-17H2,1-2H3,(H,36,37)(H2,34,35,42)/t28-/m0/s1. The van der Waals surface area contributed by atoms with Crippen LogP contribution in [0.2, 0.25) is 0 Å². The molecule has 1 amide bonds. The minimum atomic E-state index is -0.612. The maximum Gasteiger partial charge on any atom is 0.338 e. The lowest BCUT2D eigenvalue weighted by molar-refractivity contribution is -0.139. The Kier molecular flexibility index (Phi) is 11.3. The topological polar surface area (TPSA) is 110 Å². The highest BCUT2D eigenvalue weighted by molar-refractivity contribution is 14.1. The van der Waals surface area contributed by atoms with Crippen LogP contribution in [0.5, 0.6) is 11.5 Å². The second kappa shape index (κ2) is 15.1. The highest BCUT2D eigenvalue weighted by Crippen LogP contribution is 2.33. The molecule has 0 fully saturated rings. The van der Waals surface area contributed by atoms with Crippen molar-refractivity contribution < 1.29 is 23.8 Å². The van der Waals surface area contributed by atoms with E-state index in [2.05, 4.69) is 59.7 Å². The number of para-hydroxylation sites is 1. The van der Waals surface area contributed by atoms with Gasteiger partial charge < -0.3 is 24.8 Å². The van der Waals surface area contributed by atoms with Crippen LogP contribution in [0, 0.1) is 3.57 Å². The van der Waals surface area contributed by atoms with Crippen molar-refractivity contribution in [2.45, 2.75) is 26.5 Å². The molecule has 0 aromatic heterocycles. The van der Waals surface area contributed by atoms with Crippen LogP contribution >= 0.6 is 50.7 Å². The van der Waals surface area contributed by atoms with Crippen molar-refractivity contribution in [2.24, 2.45) is 5.10 Å². The summed E-state index contributed by atoms with van der Waals surface area (Å²) in [6.45, 7) is 3.90. The van der Waals surface area contributed by atoms with Crippen molar-refractivity contribution in [1.29, 1.82) is 0 Å². The number of hydrazone groups is 1. The fourth-order valence-electron chi connectivity index (χ4n) is 4.07. The van der Waals surface area contributed by atoms with Gasteiger partial charge in [0.15, 0.2) is 11.7 Å². The van der Waals surface area contributed by atoms with Gasteiger partial charge in [0.25, 0.3) is 5.91 Å². The molecule has 3 aromatic rings. The summed E-state index contributed by atoms with van der Waals surface area (Å²) >= 11 is 10.9. The average molecular weight is 763 g/mol. The van der Waals surface area contributed by atoms with Gasteiger partial charge in [-0.05, 0) is 96.2 Å². The SMILES string of the molecule is CCOC(=O)C1=C(C)NC(=S)N[C@H]1c1ccccc1OCC(=O)NN=Cc1ccc(OCc2ccc(Br)cc2)c(I)c1. The number of hydrogen-bond acceptors (Lipinski definition) is 7. The van der Waals surface area contributed by atoms with Gasteiger partial charge in [-0.25, -0.2) is 10.2 Å². The van der Waals surface area contributed by atoms with Crippen molar-refractivity contribution in [2.75, 3.05) is 13.2 Å². The molecule has 1 atom stereocenters. The van der Waals surface area contributed by atoms with Gasteiger partial charge in [-0.2, -0.15) is 5.10 Å². The van der Waals surface area contributed by atoms with Crippen LogP contribution in [0.4, 0.5) is 0 Å². The third-order valence-corrected chi connectivity index (χ3v) is 7.61. The number of benzene rings is 3. The number of carbonyl (C=O) groups excluding carboxylic acids is 2. The molecular weight excluding hydrogens is 735 g/mol. The van der Waals surface area contributed by atoms with E-state index in [1.165, 1.54) is 0 Å². The summed E-state index contributed by atoms with van der Waals surface area (Å²) in [5.74, 6) is 0.258. The van der Waals surface area contributed by atoms with Gasteiger partial charge in [0.2, 0.25) is 0 Å². The zero-order chi connectivity index (χ0) is 30.1. The first-order valence-corrected chi connectivity index (χ1v) is 15.2. The summed E-state index contributed by atoms with van der Waals surface area (Å²) in [4.78, 5) is 25.2. The minimum absolute atomic E-state index is 0.232. The van der Waals surface area contributed by atoms with Gasteiger partial charge in [-0.3, -0.25) is 4.79 Å². The van der Waals surface area contributed by atoms with E-state index in [4.69, 9.17) is 26.4 Å². The van der Waals surface area contributed by atoms with Crippen LogP contribution in [0.1, 0.15) is 36.6 Å². The van der Waals surface area contributed by atoms with E-state index < -0.39 is 17.9 Å². The van der Waals surface area contributed by atoms with E-state index in [1.807, 2.05) is 48.5 Å². The number of nitrogens with zero attached hydrogens (tertiary/aromatic N) is 1. The molecule has 42 heavy (non-hydrogen) atoms. The number of rotatable bonds is 11. The summed E-state index contributed by atoms with van der Waals surface area (Å²) in [6.07, 6.45) is 1.55. The normalized spacial score (nSPS) is 14.7. The highest BCUT2D eigenvalue weighted by Gasteiger charge is 2.32. The van der Waals surface area contributed by atoms with Crippen LogP contribution in [-0.4, -0.2) is 36.4 Å². The summed E-state index contributed by atoms with van der Waals surface area (Å²) in [5, 5.41) is 10.5. The number of esters is 1. The smallest absolute Gasteiger partial charge is 0.338 e. The maximum absolute atomic E-state index is 12.7. The van der Waals surface area contributed by atoms with Gasteiger partial charge in [0.05, 0.1) is 28.0 Å². The second-order valence-electron chi connectivity index (χ2n) is 9.02. The molecule has 3 aromatic carbocycles. The average Bonchev–Trinajstić information content (AvgIpc) is 2.96. The first kappa shape index (κ1) is 31.4. The van der Waals surface area contributed by atoms with Crippen LogP contribution in [-0.2, 0) is 20.9 Å². The van der Waals surface area contributed by atoms with Gasteiger partial charge in [0.1, 0.15) is 18.1 Å². The number of allylic oxidation sites excluding steroid dienone is 1. The molecule has 4 rings (SSSR count). The first-order valence-electron chi connectivity index (χ1n) is 12.9. The highest BCUT2D eigenvalue weighted by atomic mass is 127. The van der Waals surface area contributed by atoms with Gasteiger partial charge >= 0.3 is 5.97 Å². The van der Waals surface area contributed by atoms with Crippen molar-refractivity contribution >= 4 is 73.9 Å². The lowest BCUT2D eigenvalue weighted by Gasteiger charge is -2.30. The Morgan fingerprint density at radius 3 is 2.60 bits per heavy atom. The molecule has 1 aliphatic rings. The lowest BCUT2D eigenvalue weighted by atomic mass is 9.95. The third kappa shape index (κ3) is 8.52. The number of halogens is 2. The lowest BCUT2D eigenvalue weighted by Crippen LogP contribution is -2.45. The number of amides is 1. The largest absolute Gasteiger partial charge is 0.488 e. The Bertz CT molecular complexity index is 1530. The molecule has 0 bridgehead atoms. The van der Waals surface area contributed by atoms with Crippen molar-refractivity contribution in [1.82, 2.24) is 16.1 Å². The fourth-order valence-corrected chi connectivity index (χ4v) is 5.30. The van der Waals surface area contributed by atoms with Crippen molar-refractivity contribution in [3.05, 3.63) is 103 Å². The zero-order valence-corrected chi connectivity index (χ0v) is 27.3. The molecule has 218 valence electrons. The summed E-state index contributed by atoms with van der Waals surface area (Å²) in [5.41, 5.74) is 5.95. The Labute approximate surface area is 271 Å². The molecule has 0 saturated carbocycles. The Balaban J connectivity index is 1.34. The number of ether oxygens (including phenoxy) is 3. The molecule has 0 saturated heterocycles. The molecule has 3 N–H and O–H groups in total. The predicted molar refractivity (Wildman–Crippen MR) is 176 cm³/mol. The molecule has 0 spiro atoms. The molecule has 1 aliphatic heterocycles. The van der Waals surface area contributed by atoms with Crippen LogP contribution in [0.15, 0.2) is 87.6 Å². The Morgan fingerprint density at radius 2 is 1.86 bits per heavy atom. The molecule has 0 aliphatic carbocycles. The molecular formula is C30H28BrIN4O5S. The minimum Gasteiger partial charge on any atom is -0.488 e. The van der Waals surface area contributed by atoms with Crippen LogP contribution in [0.25, 0.3) is 0 Å². The van der Waals surface area contributed by atoms with Gasteiger partial charge in [-0.1, -0.05) is 46.3 Å². The quantitative estimate of drug-likeness (QED) is 0.0772. The van der Waals surface area contributed by atoms with E-state index in [0.29, 0.717) is 34.3 Å². The van der Waals surface area contributed by atoms with E-state index in [-0.39, 0.29) is 13.2 Å². The number of hydrogen-bond donors (Lipinski definition) is 3. The van der Waals surface area contributed by atoms with Gasteiger partial charge in [0, 0.05) is 15.7 Å². The van der Waals surface area contributed by atoms with Crippen molar-refractivity contribution in [3.8, 4) is 11.5 Å². The van der Waals surface area contributed by atoms with Crippen LogP contribution in [0.3, 0.4) is 0 Å². The molecule has 0 unspecified atom stereocenters. The van der Waals surface area contributed by atoms with E-state index in [1.54, 1.807) is 38.3 Å². The molecule has 12 heteroatoms. The predicted octanol–water partition coefficient (Wildman–Crippen LogP) is 5.52. The summed E-state index contributed by atoms with van der Waals surface area (Å²) < 4.78 is 19.0. The Hall–Kier alpha value is -3.49. The summed E-state index contributed by atoms with van der Waals surface area (Å²) in [6, 6.07) is 20.1. The van der Waals surface area contributed by atoms with E-state index >= 15 is 0 Å². The first-order chi connectivity index (χ1) is 20.2. The monoisotopic (exact) mass is 762 g/mol. The molecule has 1 heterocycles. The van der Waals surface area contributed by atoms with E-state index in [9.17, 15) is 9.59 Å². The fraction of sp³-hybridized carbons (Fsp3) is 0.200. The second-order valence-corrected chi connectivity index (χ2v) is 11.5. The maximum atomic E-state index is 12.7. The molecule has 0 radical (unpaired) electrons. The Morgan fingerprint density at radius 1 is 1.10 bits per heavy atom. The van der Waals surface area contributed by atoms with Crippen LogP contribution < -0.4 is 25.5 Å². The summed E-state index contributed by atoms with van der Waals surface area (Å²) in [7, 11) is 0. The number of carbonyl (C=O) groups is 2. The van der Waals surface area contributed by atoms with E-state index in [0.717, 1.165) is 24.9 Å². The molecule has 9 nitrogen and oxygen atoms in total. The third-order valence-electron chi connectivity index (χ3n) is 6.02.